The summed E-state index contributed by atoms with van der Waals surface area (Å²) in [6.07, 6.45) is 9.24. The van der Waals surface area contributed by atoms with E-state index in [1.54, 1.807) is 0 Å². The van der Waals surface area contributed by atoms with E-state index in [9.17, 15) is 4.79 Å². The van der Waals surface area contributed by atoms with E-state index in [1.807, 2.05) is 18.2 Å². The highest BCUT2D eigenvalue weighted by Gasteiger charge is 2.30. The van der Waals surface area contributed by atoms with Crippen molar-refractivity contribution in [2.45, 2.75) is 70.0 Å². The van der Waals surface area contributed by atoms with E-state index in [-0.39, 0.29) is 5.91 Å². The first-order valence-electron chi connectivity index (χ1n) is 8.96. The highest BCUT2D eigenvalue weighted by molar-refractivity contribution is 6.30. The van der Waals surface area contributed by atoms with Crippen LogP contribution in [0, 0.1) is 5.92 Å². The van der Waals surface area contributed by atoms with Crippen LogP contribution in [-0.4, -0.2) is 18.0 Å². The molecule has 3 rings (SSSR count). The lowest BCUT2D eigenvalue weighted by Gasteiger charge is -2.37. The molecule has 0 unspecified atom stereocenters. The van der Waals surface area contributed by atoms with E-state index in [0.717, 1.165) is 30.8 Å². The van der Waals surface area contributed by atoms with E-state index in [4.69, 9.17) is 11.6 Å². The first-order chi connectivity index (χ1) is 11.2. The van der Waals surface area contributed by atoms with Crippen molar-refractivity contribution in [3.05, 3.63) is 34.9 Å². The molecule has 2 aliphatic carbocycles. The van der Waals surface area contributed by atoms with E-state index in [0.29, 0.717) is 18.0 Å². The van der Waals surface area contributed by atoms with Gasteiger partial charge < -0.3 is 10.6 Å². The second-order valence-electron chi connectivity index (χ2n) is 7.15. The first-order valence-corrected chi connectivity index (χ1v) is 9.34. The van der Waals surface area contributed by atoms with Crippen LogP contribution in [0.15, 0.2) is 24.3 Å². The average Bonchev–Trinajstić information content (AvgIpc) is 2.50. The van der Waals surface area contributed by atoms with Crippen molar-refractivity contribution in [3.63, 3.8) is 0 Å². The predicted octanol–water partition coefficient (Wildman–Crippen LogP) is 4.05. The fourth-order valence-electron chi connectivity index (χ4n) is 3.75. The maximum absolute atomic E-state index is 12.1. The lowest BCUT2D eigenvalue weighted by Crippen LogP contribution is -2.52. The van der Waals surface area contributed by atoms with Gasteiger partial charge in [0, 0.05) is 30.1 Å². The Morgan fingerprint density at radius 2 is 1.91 bits per heavy atom. The van der Waals surface area contributed by atoms with Crippen LogP contribution in [0.3, 0.4) is 0 Å². The fraction of sp³-hybridized carbons (Fsp3) is 0.632. The molecule has 0 atom stereocenters. The summed E-state index contributed by atoms with van der Waals surface area (Å²) in [6, 6.07) is 8.83. The third kappa shape index (κ3) is 5.22. The van der Waals surface area contributed by atoms with E-state index in [1.165, 1.54) is 37.7 Å². The largest absolute Gasteiger partial charge is 0.353 e. The van der Waals surface area contributed by atoms with Crippen molar-refractivity contribution < 1.29 is 4.79 Å². The molecule has 3 nitrogen and oxygen atoms in total. The third-order valence-corrected chi connectivity index (χ3v) is 5.42. The minimum Gasteiger partial charge on any atom is -0.353 e. The highest BCUT2D eigenvalue weighted by Crippen LogP contribution is 2.27. The molecule has 126 valence electrons. The van der Waals surface area contributed by atoms with E-state index < -0.39 is 0 Å². The topological polar surface area (TPSA) is 41.1 Å². The lowest BCUT2D eigenvalue weighted by molar-refractivity contribution is -0.123. The molecule has 2 aliphatic rings. The number of amides is 1. The van der Waals surface area contributed by atoms with Gasteiger partial charge in [-0.3, -0.25) is 4.79 Å². The summed E-state index contributed by atoms with van der Waals surface area (Å²) in [5.41, 5.74) is 1.21. The number of benzene rings is 1. The zero-order valence-electron chi connectivity index (χ0n) is 13.7. The second kappa shape index (κ2) is 8.16. The summed E-state index contributed by atoms with van der Waals surface area (Å²) in [4.78, 5) is 12.1. The first kappa shape index (κ1) is 16.8. The Bertz CT molecular complexity index is 522. The van der Waals surface area contributed by atoms with Crippen molar-refractivity contribution in [1.29, 1.82) is 0 Å². The van der Waals surface area contributed by atoms with E-state index in [2.05, 4.69) is 16.7 Å². The van der Waals surface area contributed by atoms with Crippen LogP contribution in [0.5, 0.6) is 0 Å². The number of rotatable bonds is 6. The molecular weight excluding hydrogens is 308 g/mol. The van der Waals surface area contributed by atoms with Crippen LogP contribution < -0.4 is 10.6 Å². The second-order valence-corrected chi connectivity index (χ2v) is 7.59. The van der Waals surface area contributed by atoms with Gasteiger partial charge in [-0.1, -0.05) is 43.0 Å². The summed E-state index contributed by atoms with van der Waals surface area (Å²) < 4.78 is 0. The zero-order valence-corrected chi connectivity index (χ0v) is 14.4. The molecule has 1 aromatic rings. The average molecular weight is 335 g/mol. The summed E-state index contributed by atoms with van der Waals surface area (Å²) in [5.74, 6) is 0.885. The summed E-state index contributed by atoms with van der Waals surface area (Å²) >= 11 is 5.99. The summed E-state index contributed by atoms with van der Waals surface area (Å²) in [6.45, 7) is 0.841. The third-order valence-electron chi connectivity index (χ3n) is 5.19. The zero-order chi connectivity index (χ0) is 16.1. The van der Waals surface area contributed by atoms with Gasteiger partial charge in [0.1, 0.15) is 0 Å². The van der Waals surface area contributed by atoms with Crippen molar-refractivity contribution in [2.24, 2.45) is 5.92 Å². The van der Waals surface area contributed by atoms with Gasteiger partial charge in [-0.05, 0) is 49.3 Å². The Morgan fingerprint density at radius 3 is 2.65 bits per heavy atom. The van der Waals surface area contributed by atoms with Crippen LogP contribution in [0.2, 0.25) is 5.02 Å². The molecular formula is C19H27ClN2O. The minimum absolute atomic E-state index is 0.259. The van der Waals surface area contributed by atoms with Gasteiger partial charge in [0.15, 0.2) is 0 Å². The molecule has 1 aromatic carbocycles. The molecule has 2 saturated carbocycles. The van der Waals surface area contributed by atoms with Gasteiger partial charge in [0.25, 0.3) is 0 Å². The normalized spacial score (nSPS) is 24.9. The molecule has 0 heterocycles. The highest BCUT2D eigenvalue weighted by atomic mass is 35.5. The number of hydrogen-bond acceptors (Lipinski definition) is 2. The van der Waals surface area contributed by atoms with Gasteiger partial charge in [0.2, 0.25) is 5.91 Å². The quantitative estimate of drug-likeness (QED) is 0.824. The monoisotopic (exact) mass is 334 g/mol. The molecule has 0 aliphatic heterocycles. The Kier molecular flexibility index (Phi) is 5.96. The van der Waals surface area contributed by atoms with Gasteiger partial charge in [-0.25, -0.2) is 0 Å². The Morgan fingerprint density at radius 1 is 1.13 bits per heavy atom. The summed E-state index contributed by atoms with van der Waals surface area (Å²) in [5, 5.41) is 7.52. The number of halogens is 1. The van der Waals surface area contributed by atoms with Crippen LogP contribution in [-0.2, 0) is 11.3 Å². The Balaban J connectivity index is 1.30. The van der Waals surface area contributed by atoms with Crippen LogP contribution in [0.4, 0.5) is 0 Å². The van der Waals surface area contributed by atoms with Gasteiger partial charge in [-0.2, -0.15) is 0 Å². The smallest absolute Gasteiger partial charge is 0.220 e. The SMILES string of the molecule is O=C(CC1CCCCC1)NC1CC(NCc2cccc(Cl)c2)C1. The molecule has 0 aromatic heterocycles. The van der Waals surface area contributed by atoms with Crippen LogP contribution >= 0.6 is 11.6 Å². The van der Waals surface area contributed by atoms with Crippen molar-refractivity contribution in [2.75, 3.05) is 0 Å². The molecule has 4 heteroatoms. The molecule has 2 fully saturated rings. The molecule has 23 heavy (non-hydrogen) atoms. The maximum atomic E-state index is 12.1. The van der Waals surface area contributed by atoms with Crippen LogP contribution in [0.25, 0.3) is 0 Å². The molecule has 0 spiro atoms. The predicted molar refractivity (Wildman–Crippen MR) is 94.4 cm³/mol. The van der Waals surface area contributed by atoms with Crippen molar-refractivity contribution >= 4 is 17.5 Å². The van der Waals surface area contributed by atoms with Gasteiger partial charge in [-0.15, -0.1) is 0 Å². The lowest BCUT2D eigenvalue weighted by atomic mass is 9.84. The van der Waals surface area contributed by atoms with E-state index >= 15 is 0 Å². The molecule has 0 radical (unpaired) electrons. The number of carbonyl (C=O) groups excluding carboxylic acids is 1. The Hall–Kier alpha value is -1.06. The van der Waals surface area contributed by atoms with Gasteiger partial charge >= 0.3 is 0 Å². The summed E-state index contributed by atoms with van der Waals surface area (Å²) in [7, 11) is 0. The molecule has 0 saturated heterocycles. The number of nitrogens with one attached hydrogen (secondary N) is 2. The maximum Gasteiger partial charge on any atom is 0.220 e. The number of carbonyl (C=O) groups is 1. The number of hydrogen-bond donors (Lipinski definition) is 2. The molecule has 1 amide bonds. The molecule has 2 N–H and O–H groups in total. The van der Waals surface area contributed by atoms with Crippen molar-refractivity contribution in [1.82, 2.24) is 10.6 Å². The molecule has 0 bridgehead atoms. The van der Waals surface area contributed by atoms with Gasteiger partial charge in [0.05, 0.1) is 0 Å². The van der Waals surface area contributed by atoms with Crippen molar-refractivity contribution in [3.8, 4) is 0 Å². The standard InChI is InChI=1S/C19H27ClN2O/c20-16-8-4-7-15(9-16)13-21-17-11-18(12-17)22-19(23)10-14-5-2-1-3-6-14/h4,7-9,14,17-18,21H,1-3,5-6,10-13H2,(H,22,23). The Labute approximate surface area is 144 Å². The van der Waals surface area contributed by atoms with Crippen LogP contribution in [0.1, 0.15) is 56.9 Å². The fourth-order valence-corrected chi connectivity index (χ4v) is 3.96. The minimum atomic E-state index is 0.259.